The van der Waals surface area contributed by atoms with E-state index >= 15 is 0 Å². The summed E-state index contributed by atoms with van der Waals surface area (Å²) in [5, 5.41) is 3.24. The van der Waals surface area contributed by atoms with Crippen LogP contribution in [-0.4, -0.2) is 81.0 Å². The van der Waals surface area contributed by atoms with Gasteiger partial charge in [-0.3, -0.25) is 9.80 Å². The molecule has 0 aromatic carbocycles. The second-order valence-corrected chi connectivity index (χ2v) is 4.86. The molecule has 4 nitrogen and oxygen atoms in total. The van der Waals surface area contributed by atoms with Crippen molar-refractivity contribution in [3.05, 3.63) is 0 Å². The van der Waals surface area contributed by atoms with Gasteiger partial charge < -0.3 is 10.1 Å². The second kappa shape index (κ2) is 6.18. The van der Waals surface area contributed by atoms with Crippen LogP contribution in [0.2, 0.25) is 0 Å². The van der Waals surface area contributed by atoms with Crippen molar-refractivity contribution in [3.63, 3.8) is 0 Å². The van der Waals surface area contributed by atoms with Crippen LogP contribution >= 0.6 is 0 Å². The SMILES string of the molecule is FC(F)(F)COCCN1CCN(C2CNC2)CC1. The highest BCUT2D eigenvalue weighted by Gasteiger charge is 2.29. The van der Waals surface area contributed by atoms with E-state index in [9.17, 15) is 13.2 Å². The Morgan fingerprint density at radius 3 is 2.28 bits per heavy atom. The highest BCUT2D eigenvalue weighted by atomic mass is 19.4. The third-order valence-corrected chi connectivity index (χ3v) is 3.50. The Morgan fingerprint density at radius 1 is 1.11 bits per heavy atom. The maximum absolute atomic E-state index is 11.9. The van der Waals surface area contributed by atoms with Crippen molar-refractivity contribution in [2.24, 2.45) is 0 Å². The van der Waals surface area contributed by atoms with Gasteiger partial charge in [-0.1, -0.05) is 0 Å². The predicted octanol–water partition coefficient (Wildman–Crippen LogP) is 0.155. The number of halogens is 3. The number of nitrogens with one attached hydrogen (secondary N) is 1. The lowest BCUT2D eigenvalue weighted by Crippen LogP contribution is -2.61. The van der Waals surface area contributed by atoms with Crippen LogP contribution in [0.25, 0.3) is 0 Å². The van der Waals surface area contributed by atoms with Gasteiger partial charge in [-0.25, -0.2) is 0 Å². The molecule has 0 atom stereocenters. The molecular weight excluding hydrogens is 247 g/mol. The van der Waals surface area contributed by atoms with E-state index in [-0.39, 0.29) is 6.61 Å². The lowest BCUT2D eigenvalue weighted by molar-refractivity contribution is -0.174. The molecule has 18 heavy (non-hydrogen) atoms. The zero-order chi connectivity index (χ0) is 13.0. The van der Waals surface area contributed by atoms with Crippen LogP contribution in [0.3, 0.4) is 0 Å². The van der Waals surface area contributed by atoms with Crippen LogP contribution in [0, 0.1) is 0 Å². The molecule has 106 valence electrons. The van der Waals surface area contributed by atoms with Crippen LogP contribution in [-0.2, 0) is 4.74 Å². The molecule has 0 radical (unpaired) electrons. The Balaban J connectivity index is 1.53. The maximum atomic E-state index is 11.9. The van der Waals surface area contributed by atoms with Gasteiger partial charge >= 0.3 is 6.18 Å². The summed E-state index contributed by atoms with van der Waals surface area (Å²) in [6.45, 7) is 5.59. The van der Waals surface area contributed by atoms with Gasteiger partial charge in [-0.05, 0) is 0 Å². The van der Waals surface area contributed by atoms with Crippen molar-refractivity contribution in [1.29, 1.82) is 0 Å². The molecule has 2 aliphatic heterocycles. The highest BCUT2D eigenvalue weighted by molar-refractivity contribution is 4.87. The van der Waals surface area contributed by atoms with Crippen LogP contribution in [0.5, 0.6) is 0 Å². The number of nitrogens with zero attached hydrogens (tertiary/aromatic N) is 2. The van der Waals surface area contributed by atoms with E-state index in [1.165, 1.54) is 0 Å². The third kappa shape index (κ3) is 4.38. The van der Waals surface area contributed by atoms with Crippen molar-refractivity contribution < 1.29 is 17.9 Å². The number of hydrogen-bond donors (Lipinski definition) is 1. The molecule has 2 saturated heterocycles. The van der Waals surface area contributed by atoms with Crippen molar-refractivity contribution in [2.75, 3.05) is 59.0 Å². The van der Waals surface area contributed by atoms with Gasteiger partial charge in [0.15, 0.2) is 0 Å². The number of hydrogen-bond acceptors (Lipinski definition) is 4. The molecule has 0 unspecified atom stereocenters. The Morgan fingerprint density at radius 2 is 1.78 bits per heavy atom. The Kier molecular flexibility index (Phi) is 4.83. The summed E-state index contributed by atoms with van der Waals surface area (Å²) in [5.41, 5.74) is 0. The standard InChI is InChI=1S/C11H20F3N3O/c12-11(13,14)9-18-6-5-16-1-3-17(4-2-16)10-7-15-8-10/h10,15H,1-9H2. The van der Waals surface area contributed by atoms with Crippen molar-refractivity contribution in [2.45, 2.75) is 12.2 Å². The molecule has 0 saturated carbocycles. The minimum atomic E-state index is -4.21. The summed E-state index contributed by atoms with van der Waals surface area (Å²) >= 11 is 0. The van der Waals surface area contributed by atoms with Crippen molar-refractivity contribution in [1.82, 2.24) is 15.1 Å². The molecule has 2 heterocycles. The maximum Gasteiger partial charge on any atom is 0.411 e. The van der Waals surface area contributed by atoms with Crippen LogP contribution < -0.4 is 5.32 Å². The minimum Gasteiger partial charge on any atom is -0.371 e. The van der Waals surface area contributed by atoms with Gasteiger partial charge in [-0.15, -0.1) is 0 Å². The molecule has 0 aliphatic carbocycles. The van der Waals surface area contributed by atoms with Gasteiger partial charge in [0, 0.05) is 51.9 Å². The fourth-order valence-electron chi connectivity index (χ4n) is 2.27. The normalized spacial score (nSPS) is 24.2. The molecule has 0 bridgehead atoms. The molecule has 1 N–H and O–H groups in total. The summed E-state index contributed by atoms with van der Waals surface area (Å²) in [7, 11) is 0. The number of rotatable bonds is 5. The van der Waals surface area contributed by atoms with E-state index in [4.69, 9.17) is 0 Å². The van der Waals surface area contributed by atoms with E-state index < -0.39 is 12.8 Å². The third-order valence-electron chi connectivity index (χ3n) is 3.50. The minimum absolute atomic E-state index is 0.157. The fourth-order valence-corrected chi connectivity index (χ4v) is 2.27. The van der Waals surface area contributed by atoms with Gasteiger partial charge in [0.1, 0.15) is 6.61 Å². The number of ether oxygens (including phenoxy) is 1. The van der Waals surface area contributed by atoms with Crippen LogP contribution in [0.15, 0.2) is 0 Å². The Labute approximate surface area is 105 Å². The Hall–Kier alpha value is -0.370. The van der Waals surface area contributed by atoms with Crippen molar-refractivity contribution in [3.8, 4) is 0 Å². The first-order chi connectivity index (χ1) is 8.54. The van der Waals surface area contributed by atoms with E-state index in [0.29, 0.717) is 12.6 Å². The lowest BCUT2D eigenvalue weighted by Gasteiger charge is -2.43. The summed E-state index contributed by atoms with van der Waals surface area (Å²) in [5.74, 6) is 0. The first-order valence-electron chi connectivity index (χ1n) is 6.36. The zero-order valence-electron chi connectivity index (χ0n) is 10.4. The second-order valence-electron chi connectivity index (χ2n) is 4.86. The average Bonchev–Trinajstić information content (AvgIpc) is 2.23. The van der Waals surface area contributed by atoms with Crippen molar-refractivity contribution >= 4 is 0 Å². The van der Waals surface area contributed by atoms with E-state index in [0.717, 1.165) is 39.3 Å². The number of alkyl halides is 3. The molecule has 0 aromatic heterocycles. The van der Waals surface area contributed by atoms with Gasteiger partial charge in [0.05, 0.1) is 6.61 Å². The Bertz CT molecular complexity index is 250. The smallest absolute Gasteiger partial charge is 0.371 e. The summed E-state index contributed by atoms with van der Waals surface area (Å²) < 4.78 is 40.2. The molecule has 0 spiro atoms. The topological polar surface area (TPSA) is 27.7 Å². The predicted molar refractivity (Wildman–Crippen MR) is 61.5 cm³/mol. The monoisotopic (exact) mass is 267 g/mol. The zero-order valence-corrected chi connectivity index (χ0v) is 10.4. The molecule has 2 rings (SSSR count). The fraction of sp³-hybridized carbons (Fsp3) is 1.00. The highest BCUT2D eigenvalue weighted by Crippen LogP contribution is 2.14. The molecule has 0 aromatic rings. The van der Waals surface area contributed by atoms with E-state index in [2.05, 4.69) is 19.9 Å². The van der Waals surface area contributed by atoms with Crippen LogP contribution in [0.4, 0.5) is 13.2 Å². The largest absolute Gasteiger partial charge is 0.411 e. The summed E-state index contributed by atoms with van der Waals surface area (Å²) in [6, 6.07) is 0.661. The quantitative estimate of drug-likeness (QED) is 0.718. The first kappa shape index (κ1) is 14.0. The van der Waals surface area contributed by atoms with E-state index in [1.807, 2.05) is 0 Å². The van der Waals surface area contributed by atoms with Gasteiger partial charge in [0.25, 0.3) is 0 Å². The molecule has 7 heteroatoms. The first-order valence-corrected chi connectivity index (χ1v) is 6.36. The summed E-state index contributed by atoms with van der Waals surface area (Å²) in [4.78, 5) is 4.61. The molecule has 2 aliphatic rings. The molecular formula is C11H20F3N3O. The molecule has 2 fully saturated rings. The summed E-state index contributed by atoms with van der Waals surface area (Å²) in [6.07, 6.45) is -4.21. The van der Waals surface area contributed by atoms with Crippen LogP contribution in [0.1, 0.15) is 0 Å². The average molecular weight is 267 g/mol. The molecule has 0 amide bonds. The lowest BCUT2D eigenvalue weighted by atomic mass is 10.1. The number of piperazine rings is 1. The van der Waals surface area contributed by atoms with Gasteiger partial charge in [0.2, 0.25) is 0 Å². The van der Waals surface area contributed by atoms with E-state index in [1.54, 1.807) is 0 Å². The van der Waals surface area contributed by atoms with Gasteiger partial charge in [-0.2, -0.15) is 13.2 Å².